The van der Waals surface area contributed by atoms with Gasteiger partial charge in [-0.1, -0.05) is 12.3 Å². The van der Waals surface area contributed by atoms with Crippen LogP contribution in [0.1, 0.15) is 12.8 Å². The molecule has 1 N–H and O–H groups in total. The van der Waals surface area contributed by atoms with E-state index in [2.05, 4.69) is 10.4 Å². The third kappa shape index (κ3) is 4.01. The molecule has 1 unspecified atom stereocenters. The van der Waals surface area contributed by atoms with Gasteiger partial charge in [-0.3, -0.25) is 0 Å². The van der Waals surface area contributed by atoms with E-state index in [9.17, 15) is 0 Å². The van der Waals surface area contributed by atoms with Crippen LogP contribution in [-0.4, -0.2) is 33.5 Å². The van der Waals surface area contributed by atoms with Crippen LogP contribution in [0, 0.1) is 5.92 Å². The third-order valence-electron chi connectivity index (χ3n) is 2.10. The van der Waals surface area contributed by atoms with E-state index >= 15 is 0 Å². The molecule has 1 rings (SSSR count). The minimum Gasteiger partial charge on any atom is -0.317 e. The lowest BCUT2D eigenvalue weighted by molar-refractivity contribution is 0.404. The first kappa shape index (κ1) is 11.0. The van der Waals surface area contributed by atoms with Crippen molar-refractivity contribution in [3.63, 3.8) is 0 Å². The molecule has 0 aromatic rings. The Morgan fingerprint density at radius 1 is 1.60 bits per heavy atom. The third-order valence-corrected chi connectivity index (χ3v) is 3.49. The number of halogens is 1. The zero-order valence-corrected chi connectivity index (χ0v) is 8.96. The molecule has 0 aliphatic carbocycles. The van der Waals surface area contributed by atoms with E-state index in [0.29, 0.717) is 20.4 Å². The van der Waals surface area contributed by atoms with Gasteiger partial charge in [0.1, 0.15) is 0 Å². The highest BCUT2D eigenvalue weighted by Crippen LogP contribution is 2.13. The van der Waals surface area contributed by atoms with Gasteiger partial charge in [0.2, 0.25) is 0 Å². The van der Waals surface area contributed by atoms with Gasteiger partial charge in [-0.25, -0.2) is 0 Å². The summed E-state index contributed by atoms with van der Waals surface area (Å²) < 4.78 is 1.56. The Bertz CT molecular complexity index is 71.3. The minimum atomic E-state index is 0. The van der Waals surface area contributed by atoms with Crippen molar-refractivity contribution in [3.8, 4) is 0 Å². The summed E-state index contributed by atoms with van der Waals surface area (Å²) in [5.74, 6) is 1.05. The van der Waals surface area contributed by atoms with Gasteiger partial charge in [-0.15, -0.1) is 17.0 Å². The Labute approximate surface area is 79.5 Å². The molecule has 1 fully saturated rings. The molecule has 3 heteroatoms. The maximum Gasteiger partial charge on any atom is 0.360 e. The molecule has 0 bridgehead atoms. The van der Waals surface area contributed by atoms with Crippen molar-refractivity contribution < 1.29 is 0 Å². The van der Waals surface area contributed by atoms with Crippen molar-refractivity contribution >= 4 is 32.8 Å². The fourth-order valence-corrected chi connectivity index (χ4v) is 2.89. The van der Waals surface area contributed by atoms with Crippen molar-refractivity contribution in [1.82, 2.24) is 5.32 Å². The lowest BCUT2D eigenvalue weighted by Gasteiger charge is -2.22. The van der Waals surface area contributed by atoms with Gasteiger partial charge in [-0.05, 0) is 19.5 Å². The summed E-state index contributed by atoms with van der Waals surface area (Å²) >= 11 is 0.329. The molecule has 58 valence electrons. The molecule has 0 amide bonds. The molecule has 0 radical (unpaired) electrons. The van der Waals surface area contributed by atoms with Crippen LogP contribution in [0.15, 0.2) is 0 Å². The molecule has 1 aliphatic heterocycles. The van der Waals surface area contributed by atoms with Crippen molar-refractivity contribution in [2.75, 3.05) is 13.1 Å². The molecule has 0 saturated carbocycles. The van der Waals surface area contributed by atoms with Crippen LogP contribution >= 0.6 is 12.4 Å². The molecule has 1 atom stereocenters. The zero-order valence-electron chi connectivity index (χ0n) is 6.73. The number of nitrogens with one attached hydrogen (secondary N) is 1. The van der Waals surface area contributed by atoms with Gasteiger partial charge >= 0.3 is 20.4 Å². The highest BCUT2D eigenvalue weighted by atomic mass is 35.5. The standard InChI is InChI=1S/C6H12N.CH3.ClH.Mg/c1-6-3-2-4-7-5-6;;;/h6-7H,1-5H2;1H3;1H;. The summed E-state index contributed by atoms with van der Waals surface area (Å²) in [5.41, 5.74) is 0. The first-order valence-electron chi connectivity index (χ1n) is 4.14. The van der Waals surface area contributed by atoms with E-state index in [1.54, 1.807) is 4.55 Å². The van der Waals surface area contributed by atoms with Crippen molar-refractivity contribution in [3.05, 3.63) is 0 Å². The lowest BCUT2D eigenvalue weighted by Crippen LogP contribution is -2.29. The van der Waals surface area contributed by atoms with Crippen LogP contribution in [-0.2, 0) is 0 Å². The Morgan fingerprint density at radius 3 is 2.90 bits per heavy atom. The maximum absolute atomic E-state index is 3.44. The smallest absolute Gasteiger partial charge is 0.317 e. The molecule has 10 heavy (non-hydrogen) atoms. The Hall–Kier alpha value is 1.02. The predicted molar refractivity (Wildman–Crippen MR) is 49.3 cm³/mol. The summed E-state index contributed by atoms with van der Waals surface area (Å²) in [4.78, 5) is 0. The van der Waals surface area contributed by atoms with E-state index in [0.717, 1.165) is 5.92 Å². The highest BCUT2D eigenvalue weighted by molar-refractivity contribution is 6.33. The topological polar surface area (TPSA) is 12.0 Å². The Balaban J connectivity index is 0.000000810. The number of hydrogen-bond donors (Lipinski definition) is 1. The summed E-state index contributed by atoms with van der Waals surface area (Å²) in [6.45, 7) is 2.57. The first-order chi connectivity index (χ1) is 4.43. The SMILES string of the molecule is Cl.[CH3][Mg][CH2]C1CCCNC1. The molecule has 1 saturated heterocycles. The molecule has 0 aromatic heterocycles. The largest absolute Gasteiger partial charge is 0.360 e. The zero-order chi connectivity index (χ0) is 6.53. The summed E-state index contributed by atoms with van der Waals surface area (Å²) in [5, 5.41) is 5.85. The van der Waals surface area contributed by atoms with Crippen LogP contribution < -0.4 is 5.32 Å². The van der Waals surface area contributed by atoms with Crippen LogP contribution in [0.4, 0.5) is 0 Å². The van der Waals surface area contributed by atoms with Crippen LogP contribution in [0.5, 0.6) is 0 Å². The van der Waals surface area contributed by atoms with Crippen LogP contribution in [0.3, 0.4) is 0 Å². The molecule has 1 nitrogen and oxygen atoms in total. The molecule has 1 aliphatic rings. The first-order valence-corrected chi connectivity index (χ1v) is 6.55. The lowest BCUT2D eigenvalue weighted by atomic mass is 10.0. The van der Waals surface area contributed by atoms with Gasteiger partial charge < -0.3 is 5.32 Å². The molecule has 0 aromatic carbocycles. The van der Waals surface area contributed by atoms with E-state index in [4.69, 9.17) is 0 Å². The fourth-order valence-electron chi connectivity index (χ4n) is 1.58. The van der Waals surface area contributed by atoms with Crippen molar-refractivity contribution in [1.29, 1.82) is 0 Å². The second kappa shape index (κ2) is 6.71. The highest BCUT2D eigenvalue weighted by Gasteiger charge is 2.10. The van der Waals surface area contributed by atoms with Crippen LogP contribution in [0.25, 0.3) is 0 Å². The Morgan fingerprint density at radius 2 is 2.40 bits per heavy atom. The summed E-state index contributed by atoms with van der Waals surface area (Å²) in [6.07, 6.45) is 2.91. The monoisotopic (exact) mass is 173 g/mol. The number of rotatable bonds is 2. The van der Waals surface area contributed by atoms with Gasteiger partial charge in [-0.2, -0.15) is 5.05 Å². The summed E-state index contributed by atoms with van der Waals surface area (Å²) in [7, 11) is 0. The fraction of sp³-hybridized carbons (Fsp3) is 1.00. The molecule has 1 heterocycles. The molecular formula is C7H16ClMgN. The second-order valence-electron chi connectivity index (χ2n) is 3.00. The maximum atomic E-state index is 3.44. The Kier molecular flexibility index (Phi) is 7.39. The minimum absolute atomic E-state index is 0. The van der Waals surface area contributed by atoms with E-state index in [1.165, 1.54) is 25.9 Å². The van der Waals surface area contributed by atoms with Gasteiger partial charge in [0.05, 0.1) is 0 Å². The van der Waals surface area contributed by atoms with Crippen molar-refractivity contribution in [2.24, 2.45) is 5.92 Å². The average Bonchev–Trinajstić information content (AvgIpc) is 1.91. The van der Waals surface area contributed by atoms with E-state index in [-0.39, 0.29) is 12.4 Å². The predicted octanol–water partition coefficient (Wildman–Crippen LogP) is 1.58. The molecular weight excluding hydrogens is 158 g/mol. The van der Waals surface area contributed by atoms with Gasteiger partial charge in [0.25, 0.3) is 0 Å². The number of piperidine rings is 1. The number of hydrogen-bond acceptors (Lipinski definition) is 1. The molecule has 0 spiro atoms. The average molecular weight is 174 g/mol. The van der Waals surface area contributed by atoms with Gasteiger partial charge in [0.15, 0.2) is 0 Å². The van der Waals surface area contributed by atoms with Crippen LogP contribution in [0.2, 0.25) is 9.60 Å². The summed E-state index contributed by atoms with van der Waals surface area (Å²) in [6, 6.07) is 0. The second-order valence-corrected chi connectivity index (χ2v) is 4.58. The van der Waals surface area contributed by atoms with Gasteiger partial charge in [0, 0.05) is 0 Å². The van der Waals surface area contributed by atoms with Crippen molar-refractivity contribution in [2.45, 2.75) is 22.4 Å². The van der Waals surface area contributed by atoms with E-state index in [1.807, 2.05) is 0 Å². The van der Waals surface area contributed by atoms with E-state index < -0.39 is 0 Å². The normalized spacial score (nSPS) is 24.7. The quantitative estimate of drug-likeness (QED) is 0.626.